The predicted molar refractivity (Wildman–Crippen MR) is 233 cm³/mol. The van der Waals surface area contributed by atoms with Crippen LogP contribution in [-0.2, 0) is 32.7 Å². The minimum atomic E-state index is -4.64. The first-order valence-corrected chi connectivity index (χ1v) is 23.0. The number of esters is 2. The third-order valence-electron chi connectivity index (χ3n) is 8.50. The standard InChI is InChI=1S/C46H77O10P/c1-3-5-7-9-11-13-15-17-19-21-23-25-27-29-31-33-35-37-45(49)53-41-44(42-55-57(51,52)54-40-43(48)39-47)56-46(50)38-36-34-32-30-28-26-24-22-20-18-16-14-12-10-8-6-4-2/h7,9,13,15,18-21,24-27,30,32,43-44,47-48H,3-6,8,10-12,14,16-17,22-23,28-29,31,33-42H2,1-2H3,(H,51,52)/b9-7+,15-13+,20-18+,21-19+,26-24+,27-25+,32-30+/t43-,44+/m0/s1. The molecule has 57 heavy (non-hydrogen) atoms. The second-order valence-corrected chi connectivity index (χ2v) is 15.5. The van der Waals surface area contributed by atoms with Crippen LogP contribution >= 0.6 is 7.82 Å². The Morgan fingerprint density at radius 2 is 0.965 bits per heavy atom. The van der Waals surface area contributed by atoms with Gasteiger partial charge in [0.15, 0.2) is 6.10 Å². The number of ether oxygens (including phenoxy) is 2. The van der Waals surface area contributed by atoms with Gasteiger partial charge in [0.25, 0.3) is 0 Å². The zero-order valence-electron chi connectivity index (χ0n) is 35.3. The van der Waals surface area contributed by atoms with Crippen LogP contribution in [0.1, 0.15) is 155 Å². The lowest BCUT2D eigenvalue weighted by Gasteiger charge is -2.20. The van der Waals surface area contributed by atoms with Gasteiger partial charge >= 0.3 is 19.8 Å². The van der Waals surface area contributed by atoms with Crippen molar-refractivity contribution in [3.8, 4) is 0 Å². The molecule has 11 heteroatoms. The summed E-state index contributed by atoms with van der Waals surface area (Å²) in [4.78, 5) is 35.0. The molecule has 0 spiro atoms. The van der Waals surface area contributed by atoms with E-state index < -0.39 is 51.8 Å². The van der Waals surface area contributed by atoms with Crippen LogP contribution in [-0.4, -0.2) is 65.7 Å². The molecule has 0 amide bonds. The first kappa shape index (κ1) is 54.2. The van der Waals surface area contributed by atoms with Gasteiger partial charge in [0.1, 0.15) is 12.7 Å². The third kappa shape index (κ3) is 41.1. The molecule has 0 heterocycles. The van der Waals surface area contributed by atoms with E-state index in [1.807, 2.05) is 6.08 Å². The topological polar surface area (TPSA) is 149 Å². The smallest absolute Gasteiger partial charge is 0.462 e. The second kappa shape index (κ2) is 41.3. The van der Waals surface area contributed by atoms with Crippen LogP contribution in [0.3, 0.4) is 0 Å². The minimum absolute atomic E-state index is 0.101. The fourth-order valence-electron chi connectivity index (χ4n) is 5.17. The number of carbonyl (C=O) groups is 2. The third-order valence-corrected chi connectivity index (χ3v) is 9.45. The molecular formula is C46H77O10P. The van der Waals surface area contributed by atoms with Gasteiger partial charge in [0, 0.05) is 12.8 Å². The van der Waals surface area contributed by atoms with Gasteiger partial charge in [-0.1, -0.05) is 144 Å². The summed E-state index contributed by atoms with van der Waals surface area (Å²) in [6.07, 6.45) is 48.4. The maximum Gasteiger partial charge on any atom is 0.472 e. The van der Waals surface area contributed by atoms with E-state index in [1.54, 1.807) is 0 Å². The van der Waals surface area contributed by atoms with E-state index in [0.717, 1.165) is 64.2 Å². The zero-order valence-corrected chi connectivity index (χ0v) is 36.2. The molecule has 0 aliphatic carbocycles. The molecule has 326 valence electrons. The Morgan fingerprint density at radius 3 is 1.49 bits per heavy atom. The minimum Gasteiger partial charge on any atom is -0.462 e. The van der Waals surface area contributed by atoms with Gasteiger partial charge in [-0.2, -0.15) is 0 Å². The van der Waals surface area contributed by atoms with Crippen LogP contribution < -0.4 is 0 Å². The van der Waals surface area contributed by atoms with E-state index in [4.69, 9.17) is 19.1 Å². The highest BCUT2D eigenvalue weighted by molar-refractivity contribution is 7.47. The molecule has 0 aromatic carbocycles. The molecule has 0 fully saturated rings. The van der Waals surface area contributed by atoms with Crippen molar-refractivity contribution >= 4 is 19.8 Å². The summed E-state index contributed by atoms with van der Waals surface area (Å²) in [7, 11) is -4.64. The quantitative estimate of drug-likeness (QED) is 0.0237. The molecule has 0 aliphatic heterocycles. The largest absolute Gasteiger partial charge is 0.472 e. The van der Waals surface area contributed by atoms with Crippen molar-refractivity contribution in [3.63, 3.8) is 0 Å². The average molecular weight is 821 g/mol. The Balaban J connectivity index is 4.47. The van der Waals surface area contributed by atoms with Gasteiger partial charge in [-0.3, -0.25) is 18.6 Å². The molecule has 0 saturated heterocycles. The van der Waals surface area contributed by atoms with Gasteiger partial charge < -0.3 is 24.6 Å². The van der Waals surface area contributed by atoms with Gasteiger partial charge in [0.05, 0.1) is 19.8 Å². The number of allylic oxidation sites excluding steroid dienone is 14. The number of aliphatic hydroxyl groups excluding tert-OH is 2. The number of aliphatic hydroxyl groups is 2. The lowest BCUT2D eigenvalue weighted by Crippen LogP contribution is -2.29. The molecular weight excluding hydrogens is 743 g/mol. The van der Waals surface area contributed by atoms with Crippen LogP contribution in [0.4, 0.5) is 0 Å². The Kier molecular flexibility index (Phi) is 39.2. The van der Waals surface area contributed by atoms with E-state index in [2.05, 4.69) is 97.4 Å². The first-order chi connectivity index (χ1) is 27.7. The Labute approximate surface area is 345 Å². The van der Waals surface area contributed by atoms with E-state index in [9.17, 15) is 24.2 Å². The summed E-state index contributed by atoms with van der Waals surface area (Å²) >= 11 is 0. The Bertz CT molecular complexity index is 1220. The fourth-order valence-corrected chi connectivity index (χ4v) is 5.96. The molecule has 10 nitrogen and oxygen atoms in total. The number of carbonyl (C=O) groups excluding carboxylic acids is 2. The molecule has 0 bridgehead atoms. The molecule has 0 aromatic rings. The van der Waals surface area contributed by atoms with E-state index in [-0.39, 0.29) is 19.4 Å². The summed E-state index contributed by atoms with van der Waals surface area (Å²) in [6.45, 7) is 2.19. The highest BCUT2D eigenvalue weighted by Crippen LogP contribution is 2.43. The number of hydrogen-bond donors (Lipinski definition) is 3. The van der Waals surface area contributed by atoms with E-state index >= 15 is 0 Å². The number of phosphoric ester groups is 1. The maximum atomic E-state index is 12.6. The summed E-state index contributed by atoms with van der Waals surface area (Å²) < 4.78 is 32.6. The number of phosphoric acid groups is 1. The van der Waals surface area contributed by atoms with Crippen molar-refractivity contribution in [2.24, 2.45) is 0 Å². The van der Waals surface area contributed by atoms with Crippen molar-refractivity contribution in [1.29, 1.82) is 0 Å². The van der Waals surface area contributed by atoms with Crippen molar-refractivity contribution in [2.45, 2.75) is 167 Å². The fraction of sp³-hybridized carbons (Fsp3) is 0.652. The van der Waals surface area contributed by atoms with E-state index in [0.29, 0.717) is 19.3 Å². The summed E-state index contributed by atoms with van der Waals surface area (Å²) in [5, 5.41) is 18.3. The van der Waals surface area contributed by atoms with Crippen molar-refractivity contribution in [2.75, 3.05) is 26.4 Å². The lowest BCUT2D eigenvalue weighted by atomic mass is 10.1. The first-order valence-electron chi connectivity index (χ1n) is 21.5. The summed E-state index contributed by atoms with van der Waals surface area (Å²) in [5.74, 6) is -1.03. The molecule has 0 rings (SSSR count). The van der Waals surface area contributed by atoms with Crippen LogP contribution in [0.5, 0.6) is 0 Å². The van der Waals surface area contributed by atoms with Gasteiger partial charge in [-0.25, -0.2) is 4.57 Å². The Hall–Kier alpha value is -2.85. The van der Waals surface area contributed by atoms with Crippen LogP contribution in [0.15, 0.2) is 85.1 Å². The highest BCUT2D eigenvalue weighted by atomic mass is 31.2. The molecule has 0 aliphatic rings. The normalized spacial score (nSPS) is 14.7. The predicted octanol–water partition coefficient (Wildman–Crippen LogP) is 11.4. The summed E-state index contributed by atoms with van der Waals surface area (Å²) in [5.41, 5.74) is 0. The number of unbranched alkanes of at least 4 members (excludes halogenated alkanes) is 11. The maximum absolute atomic E-state index is 12.6. The van der Waals surface area contributed by atoms with Gasteiger partial charge in [-0.05, 0) is 83.5 Å². The zero-order chi connectivity index (χ0) is 41.9. The molecule has 3 N–H and O–H groups in total. The summed E-state index contributed by atoms with van der Waals surface area (Å²) in [6, 6.07) is 0. The molecule has 1 unspecified atom stereocenters. The number of hydrogen-bond acceptors (Lipinski definition) is 9. The second-order valence-electron chi connectivity index (χ2n) is 14.0. The lowest BCUT2D eigenvalue weighted by molar-refractivity contribution is -0.161. The molecule has 0 aromatic heterocycles. The Morgan fingerprint density at radius 1 is 0.526 bits per heavy atom. The molecule has 3 atom stereocenters. The van der Waals surface area contributed by atoms with Crippen LogP contribution in [0, 0.1) is 0 Å². The average Bonchev–Trinajstić information content (AvgIpc) is 3.20. The number of rotatable bonds is 39. The van der Waals surface area contributed by atoms with E-state index in [1.165, 1.54) is 44.9 Å². The van der Waals surface area contributed by atoms with Crippen molar-refractivity contribution in [3.05, 3.63) is 85.1 Å². The van der Waals surface area contributed by atoms with Crippen molar-refractivity contribution in [1.82, 2.24) is 0 Å². The highest BCUT2D eigenvalue weighted by Gasteiger charge is 2.27. The molecule has 0 radical (unpaired) electrons. The van der Waals surface area contributed by atoms with Gasteiger partial charge in [-0.15, -0.1) is 0 Å². The monoisotopic (exact) mass is 821 g/mol. The van der Waals surface area contributed by atoms with Crippen LogP contribution in [0.2, 0.25) is 0 Å². The van der Waals surface area contributed by atoms with Gasteiger partial charge in [0.2, 0.25) is 0 Å². The SMILES string of the molecule is CCC/C=C/C/C=C/C/C=C/C/C=C/CCCCCC(=O)OC[C@H](COP(=O)(O)OC[C@@H](O)CO)OC(=O)CCC/C=C/C/C=C/C/C=C/CCCCCCCC. The van der Waals surface area contributed by atoms with Crippen molar-refractivity contribution < 1.29 is 47.8 Å². The molecule has 0 saturated carbocycles. The van der Waals surface area contributed by atoms with Crippen LogP contribution in [0.25, 0.3) is 0 Å².